The zero-order chi connectivity index (χ0) is 13.7. The Balaban J connectivity index is 2.98. The van der Waals surface area contributed by atoms with Crippen LogP contribution < -0.4 is 5.32 Å². The van der Waals surface area contributed by atoms with Gasteiger partial charge in [-0.2, -0.15) is 0 Å². The van der Waals surface area contributed by atoms with Gasteiger partial charge in [0.05, 0.1) is 11.3 Å². The molecule has 0 fully saturated rings. The van der Waals surface area contributed by atoms with Gasteiger partial charge in [-0.05, 0) is 37.7 Å². The van der Waals surface area contributed by atoms with Crippen molar-refractivity contribution in [3.63, 3.8) is 0 Å². The van der Waals surface area contributed by atoms with Crippen LogP contribution in [0.15, 0.2) is 23.1 Å². The van der Waals surface area contributed by atoms with E-state index in [2.05, 4.69) is 26.1 Å². The van der Waals surface area contributed by atoms with E-state index in [1.807, 2.05) is 24.5 Å². The van der Waals surface area contributed by atoms with Gasteiger partial charge < -0.3 is 10.4 Å². The number of aromatic carboxylic acids is 1. The monoisotopic (exact) mass is 267 g/mol. The first-order valence-electron chi connectivity index (χ1n) is 6.12. The van der Waals surface area contributed by atoms with Gasteiger partial charge in [0.1, 0.15) is 0 Å². The first-order valence-corrected chi connectivity index (χ1v) is 7.35. The SMILES string of the molecule is CSc1cccc(NC(C)CC(C)C)c1C(=O)O. The molecule has 0 heterocycles. The number of hydrogen-bond acceptors (Lipinski definition) is 3. The predicted molar refractivity (Wildman–Crippen MR) is 77.7 cm³/mol. The van der Waals surface area contributed by atoms with Crippen LogP contribution in [0.25, 0.3) is 0 Å². The smallest absolute Gasteiger partial charge is 0.338 e. The summed E-state index contributed by atoms with van der Waals surface area (Å²) in [6.45, 7) is 6.40. The molecule has 2 N–H and O–H groups in total. The van der Waals surface area contributed by atoms with Gasteiger partial charge in [0.25, 0.3) is 0 Å². The lowest BCUT2D eigenvalue weighted by Gasteiger charge is -2.19. The molecule has 3 nitrogen and oxygen atoms in total. The number of benzene rings is 1. The highest BCUT2D eigenvalue weighted by molar-refractivity contribution is 7.98. The number of carboxylic acid groups (broad SMARTS) is 1. The summed E-state index contributed by atoms with van der Waals surface area (Å²) in [6, 6.07) is 5.83. The van der Waals surface area contributed by atoms with Crippen molar-refractivity contribution in [1.29, 1.82) is 0 Å². The summed E-state index contributed by atoms with van der Waals surface area (Å²) in [5.41, 5.74) is 1.09. The summed E-state index contributed by atoms with van der Waals surface area (Å²) >= 11 is 1.46. The van der Waals surface area contributed by atoms with Crippen LogP contribution in [0.4, 0.5) is 5.69 Å². The highest BCUT2D eigenvalue weighted by Gasteiger charge is 2.16. The third-order valence-electron chi connectivity index (χ3n) is 2.69. The highest BCUT2D eigenvalue weighted by Crippen LogP contribution is 2.28. The molecule has 1 atom stereocenters. The van der Waals surface area contributed by atoms with Crippen LogP contribution in [0.2, 0.25) is 0 Å². The van der Waals surface area contributed by atoms with E-state index in [0.717, 1.165) is 11.3 Å². The Bertz CT molecular complexity index is 418. The molecule has 100 valence electrons. The van der Waals surface area contributed by atoms with Gasteiger partial charge >= 0.3 is 5.97 Å². The summed E-state index contributed by atoms with van der Waals surface area (Å²) < 4.78 is 0. The zero-order valence-electron chi connectivity index (χ0n) is 11.4. The molecule has 0 saturated carbocycles. The van der Waals surface area contributed by atoms with E-state index in [0.29, 0.717) is 17.2 Å². The topological polar surface area (TPSA) is 49.3 Å². The first-order chi connectivity index (χ1) is 8.45. The summed E-state index contributed by atoms with van der Waals surface area (Å²) in [4.78, 5) is 12.1. The Morgan fingerprint density at radius 1 is 1.39 bits per heavy atom. The van der Waals surface area contributed by atoms with Crippen LogP contribution in [0.5, 0.6) is 0 Å². The lowest BCUT2D eigenvalue weighted by Crippen LogP contribution is -2.19. The second-order valence-electron chi connectivity index (χ2n) is 4.86. The molecule has 0 aliphatic rings. The number of carboxylic acids is 1. The summed E-state index contributed by atoms with van der Waals surface area (Å²) in [6.07, 6.45) is 2.91. The molecule has 0 bridgehead atoms. The lowest BCUT2D eigenvalue weighted by atomic mass is 10.0. The molecule has 1 aromatic carbocycles. The van der Waals surface area contributed by atoms with Crippen molar-refractivity contribution in [1.82, 2.24) is 0 Å². The molecule has 18 heavy (non-hydrogen) atoms. The number of anilines is 1. The van der Waals surface area contributed by atoms with Crippen LogP contribution in [0, 0.1) is 5.92 Å². The molecule has 1 rings (SSSR count). The van der Waals surface area contributed by atoms with Gasteiger partial charge in [0, 0.05) is 10.9 Å². The maximum atomic E-state index is 11.4. The van der Waals surface area contributed by atoms with E-state index in [1.54, 1.807) is 0 Å². The minimum Gasteiger partial charge on any atom is -0.478 e. The van der Waals surface area contributed by atoms with Gasteiger partial charge in [0.2, 0.25) is 0 Å². The maximum Gasteiger partial charge on any atom is 0.338 e. The normalized spacial score (nSPS) is 12.5. The Hall–Kier alpha value is -1.16. The van der Waals surface area contributed by atoms with Crippen LogP contribution in [-0.4, -0.2) is 23.4 Å². The Morgan fingerprint density at radius 3 is 2.56 bits per heavy atom. The van der Waals surface area contributed by atoms with Crippen molar-refractivity contribution < 1.29 is 9.90 Å². The van der Waals surface area contributed by atoms with Gasteiger partial charge in [-0.3, -0.25) is 0 Å². The minimum absolute atomic E-state index is 0.264. The summed E-state index contributed by atoms with van der Waals surface area (Å²) in [7, 11) is 0. The third-order valence-corrected chi connectivity index (χ3v) is 3.47. The summed E-state index contributed by atoms with van der Waals surface area (Å²) in [5.74, 6) is -0.288. The fraction of sp³-hybridized carbons (Fsp3) is 0.500. The average Bonchev–Trinajstić information content (AvgIpc) is 2.26. The van der Waals surface area contributed by atoms with E-state index >= 15 is 0 Å². The molecular weight excluding hydrogens is 246 g/mol. The van der Waals surface area contributed by atoms with Crippen molar-refractivity contribution in [2.24, 2.45) is 5.92 Å². The molecule has 0 aromatic heterocycles. The van der Waals surface area contributed by atoms with Crippen LogP contribution in [-0.2, 0) is 0 Å². The molecule has 0 spiro atoms. The Kier molecular flexibility index (Phi) is 5.54. The van der Waals surface area contributed by atoms with E-state index in [1.165, 1.54) is 11.8 Å². The minimum atomic E-state index is -0.876. The number of thioether (sulfide) groups is 1. The van der Waals surface area contributed by atoms with E-state index < -0.39 is 5.97 Å². The third kappa shape index (κ3) is 3.95. The van der Waals surface area contributed by atoms with Crippen molar-refractivity contribution in [3.05, 3.63) is 23.8 Å². The fourth-order valence-electron chi connectivity index (χ4n) is 2.07. The number of carbonyl (C=O) groups is 1. The average molecular weight is 267 g/mol. The van der Waals surface area contributed by atoms with E-state index in [-0.39, 0.29) is 6.04 Å². The second-order valence-corrected chi connectivity index (χ2v) is 5.71. The van der Waals surface area contributed by atoms with Gasteiger partial charge in [-0.15, -0.1) is 11.8 Å². The molecule has 0 radical (unpaired) electrons. The highest BCUT2D eigenvalue weighted by atomic mass is 32.2. The largest absolute Gasteiger partial charge is 0.478 e. The van der Waals surface area contributed by atoms with Crippen molar-refractivity contribution in [3.8, 4) is 0 Å². The maximum absolute atomic E-state index is 11.4. The molecule has 0 amide bonds. The molecule has 0 saturated heterocycles. The molecule has 4 heteroatoms. The zero-order valence-corrected chi connectivity index (χ0v) is 12.2. The number of hydrogen-bond donors (Lipinski definition) is 2. The van der Waals surface area contributed by atoms with Gasteiger partial charge in [-0.25, -0.2) is 4.79 Å². The van der Waals surface area contributed by atoms with Crippen LogP contribution in [0.1, 0.15) is 37.6 Å². The Morgan fingerprint density at radius 2 is 2.06 bits per heavy atom. The lowest BCUT2D eigenvalue weighted by molar-refractivity contribution is 0.0694. The molecular formula is C14H21NO2S. The van der Waals surface area contributed by atoms with Crippen LogP contribution in [0.3, 0.4) is 0 Å². The fourth-order valence-corrected chi connectivity index (χ4v) is 2.69. The molecule has 0 aliphatic heterocycles. The predicted octanol–water partition coefficient (Wildman–Crippen LogP) is 3.95. The molecule has 1 aromatic rings. The number of nitrogens with one attached hydrogen (secondary N) is 1. The van der Waals surface area contributed by atoms with Crippen LogP contribution >= 0.6 is 11.8 Å². The van der Waals surface area contributed by atoms with Crippen molar-refractivity contribution in [2.45, 2.75) is 38.1 Å². The molecule has 0 aliphatic carbocycles. The van der Waals surface area contributed by atoms with E-state index in [4.69, 9.17) is 0 Å². The standard InChI is InChI=1S/C14H21NO2S/c1-9(2)8-10(3)15-11-6-5-7-12(18-4)13(11)14(16)17/h5-7,9-10,15H,8H2,1-4H3,(H,16,17). The number of rotatable bonds is 6. The van der Waals surface area contributed by atoms with Gasteiger partial charge in [-0.1, -0.05) is 19.9 Å². The second kappa shape index (κ2) is 6.69. The first kappa shape index (κ1) is 14.9. The summed E-state index contributed by atoms with van der Waals surface area (Å²) in [5, 5.41) is 12.6. The quantitative estimate of drug-likeness (QED) is 0.766. The Labute approximate surface area is 113 Å². The van der Waals surface area contributed by atoms with Crippen molar-refractivity contribution in [2.75, 3.05) is 11.6 Å². The van der Waals surface area contributed by atoms with Crippen molar-refractivity contribution >= 4 is 23.4 Å². The molecule has 1 unspecified atom stereocenters. The van der Waals surface area contributed by atoms with Gasteiger partial charge in [0.15, 0.2) is 0 Å². The van der Waals surface area contributed by atoms with E-state index in [9.17, 15) is 9.90 Å².